The highest BCUT2D eigenvalue weighted by Gasteiger charge is 1.99. The van der Waals surface area contributed by atoms with Crippen LogP contribution in [-0.2, 0) is 0 Å². The van der Waals surface area contributed by atoms with Crippen molar-refractivity contribution in [3.63, 3.8) is 0 Å². The lowest BCUT2D eigenvalue weighted by Gasteiger charge is -2.09. The van der Waals surface area contributed by atoms with Crippen molar-refractivity contribution in [2.24, 2.45) is 15.9 Å². The summed E-state index contributed by atoms with van der Waals surface area (Å²) in [5.41, 5.74) is 10.4. The first-order valence-corrected chi connectivity index (χ1v) is 2.74. The summed E-state index contributed by atoms with van der Waals surface area (Å²) >= 11 is 0. The predicted molar refractivity (Wildman–Crippen MR) is 35.6 cm³/mol. The van der Waals surface area contributed by atoms with E-state index in [1.807, 2.05) is 6.92 Å². The molecule has 1 aliphatic rings. The summed E-state index contributed by atoms with van der Waals surface area (Å²) in [6.07, 6.45) is 0.823. The van der Waals surface area contributed by atoms with Crippen molar-refractivity contribution in [1.29, 1.82) is 0 Å². The van der Waals surface area contributed by atoms with Gasteiger partial charge in [-0.2, -0.15) is 5.10 Å². The molecule has 0 saturated heterocycles. The Labute approximate surface area is 53.0 Å². The van der Waals surface area contributed by atoms with Gasteiger partial charge in [0.1, 0.15) is 5.84 Å². The second-order valence-corrected chi connectivity index (χ2v) is 1.63. The standard InChI is InChI=1S/C4H9N5/c1-2-3-6-8-4(5)9-7-3/h2H2,1H3,(H,6,7)(H3,5,8,9). The van der Waals surface area contributed by atoms with Crippen LogP contribution in [0.4, 0.5) is 0 Å². The third-order valence-electron chi connectivity index (χ3n) is 0.946. The molecule has 0 saturated carbocycles. The van der Waals surface area contributed by atoms with Gasteiger partial charge in [-0.15, -0.1) is 5.10 Å². The smallest absolute Gasteiger partial charge is 0.232 e. The van der Waals surface area contributed by atoms with Gasteiger partial charge in [0.2, 0.25) is 5.96 Å². The molecule has 1 heterocycles. The molecule has 0 spiro atoms. The molecular formula is C4H9N5. The van der Waals surface area contributed by atoms with Crippen LogP contribution in [0.2, 0.25) is 0 Å². The minimum absolute atomic E-state index is 0.298. The van der Waals surface area contributed by atoms with Crippen molar-refractivity contribution in [1.82, 2.24) is 10.9 Å². The summed E-state index contributed by atoms with van der Waals surface area (Å²) in [5, 5.41) is 7.51. The van der Waals surface area contributed by atoms with Gasteiger partial charge in [-0.1, -0.05) is 6.92 Å². The number of hydrogen-bond acceptors (Lipinski definition) is 5. The molecule has 0 radical (unpaired) electrons. The van der Waals surface area contributed by atoms with E-state index in [1.165, 1.54) is 0 Å². The Morgan fingerprint density at radius 2 is 2.22 bits per heavy atom. The molecule has 5 heteroatoms. The van der Waals surface area contributed by atoms with Gasteiger partial charge in [0.15, 0.2) is 0 Å². The summed E-state index contributed by atoms with van der Waals surface area (Å²) < 4.78 is 0. The third-order valence-corrected chi connectivity index (χ3v) is 0.946. The highest BCUT2D eigenvalue weighted by Crippen LogP contribution is 1.82. The fourth-order valence-electron chi connectivity index (χ4n) is 0.458. The Bertz CT molecular complexity index is 158. The van der Waals surface area contributed by atoms with Crippen molar-refractivity contribution >= 4 is 11.8 Å². The van der Waals surface area contributed by atoms with Crippen LogP contribution in [-0.4, -0.2) is 11.8 Å². The number of nitrogens with one attached hydrogen (secondary N) is 2. The fraction of sp³-hybridized carbons (Fsp3) is 0.500. The Hall–Kier alpha value is -1.26. The van der Waals surface area contributed by atoms with E-state index < -0.39 is 0 Å². The topological polar surface area (TPSA) is 74.8 Å². The lowest BCUT2D eigenvalue weighted by Crippen LogP contribution is -2.37. The lowest BCUT2D eigenvalue weighted by atomic mass is 10.5. The quantitative estimate of drug-likeness (QED) is 0.428. The van der Waals surface area contributed by atoms with E-state index in [0.29, 0.717) is 5.96 Å². The number of guanidine groups is 1. The van der Waals surface area contributed by atoms with E-state index in [2.05, 4.69) is 21.1 Å². The molecule has 0 atom stereocenters. The second kappa shape index (κ2) is 2.34. The van der Waals surface area contributed by atoms with Crippen LogP contribution in [0.25, 0.3) is 0 Å². The number of rotatable bonds is 1. The SMILES string of the molecule is CCC1=NNC(N)=NN1. The summed E-state index contributed by atoms with van der Waals surface area (Å²) in [6.45, 7) is 1.98. The van der Waals surface area contributed by atoms with Crippen LogP contribution in [0.5, 0.6) is 0 Å². The highest BCUT2D eigenvalue weighted by molar-refractivity contribution is 5.88. The Balaban J connectivity index is 2.48. The van der Waals surface area contributed by atoms with Gasteiger partial charge in [0, 0.05) is 6.42 Å². The van der Waals surface area contributed by atoms with E-state index in [4.69, 9.17) is 5.73 Å². The van der Waals surface area contributed by atoms with E-state index in [-0.39, 0.29) is 0 Å². The lowest BCUT2D eigenvalue weighted by molar-refractivity contribution is 0.847. The van der Waals surface area contributed by atoms with Crippen LogP contribution >= 0.6 is 0 Å². The first-order chi connectivity index (χ1) is 4.33. The van der Waals surface area contributed by atoms with E-state index >= 15 is 0 Å². The van der Waals surface area contributed by atoms with Gasteiger partial charge in [-0.25, -0.2) is 5.43 Å². The van der Waals surface area contributed by atoms with Crippen LogP contribution in [0, 0.1) is 0 Å². The van der Waals surface area contributed by atoms with Gasteiger partial charge in [-0.3, -0.25) is 5.43 Å². The van der Waals surface area contributed by atoms with Gasteiger partial charge in [0.05, 0.1) is 0 Å². The molecule has 9 heavy (non-hydrogen) atoms. The molecule has 1 aliphatic heterocycles. The number of hydrazone groups is 2. The van der Waals surface area contributed by atoms with Crippen molar-refractivity contribution in [3.8, 4) is 0 Å². The molecule has 5 nitrogen and oxygen atoms in total. The number of hydrogen-bond donors (Lipinski definition) is 3. The predicted octanol–water partition coefficient (Wildman–Crippen LogP) is -0.868. The maximum Gasteiger partial charge on any atom is 0.232 e. The van der Waals surface area contributed by atoms with E-state index in [9.17, 15) is 0 Å². The zero-order valence-electron chi connectivity index (χ0n) is 5.18. The largest absolute Gasteiger partial charge is 0.367 e. The molecule has 0 fully saturated rings. The van der Waals surface area contributed by atoms with Crippen molar-refractivity contribution in [3.05, 3.63) is 0 Å². The van der Waals surface area contributed by atoms with Gasteiger partial charge in [0.25, 0.3) is 0 Å². The van der Waals surface area contributed by atoms with E-state index in [1.54, 1.807) is 0 Å². The molecular weight excluding hydrogens is 118 g/mol. The van der Waals surface area contributed by atoms with Crippen LogP contribution < -0.4 is 16.6 Å². The molecule has 0 bridgehead atoms. The van der Waals surface area contributed by atoms with Crippen LogP contribution in [0.15, 0.2) is 10.2 Å². The second-order valence-electron chi connectivity index (χ2n) is 1.63. The molecule has 0 aromatic rings. The van der Waals surface area contributed by atoms with Crippen LogP contribution in [0.3, 0.4) is 0 Å². The summed E-state index contributed by atoms with van der Waals surface area (Å²) in [7, 11) is 0. The molecule has 1 rings (SSSR count). The highest BCUT2D eigenvalue weighted by atomic mass is 15.5. The zero-order valence-corrected chi connectivity index (χ0v) is 5.18. The van der Waals surface area contributed by atoms with Crippen molar-refractivity contribution in [2.75, 3.05) is 0 Å². The Morgan fingerprint density at radius 3 is 2.67 bits per heavy atom. The maximum atomic E-state index is 5.22. The summed E-state index contributed by atoms with van der Waals surface area (Å²) in [5.74, 6) is 1.09. The average Bonchev–Trinajstić information content (AvgIpc) is 1.90. The third kappa shape index (κ3) is 1.31. The maximum absolute atomic E-state index is 5.22. The van der Waals surface area contributed by atoms with E-state index in [0.717, 1.165) is 12.3 Å². The van der Waals surface area contributed by atoms with Gasteiger partial charge >= 0.3 is 0 Å². The fourth-order valence-corrected chi connectivity index (χ4v) is 0.458. The Morgan fingerprint density at radius 1 is 1.44 bits per heavy atom. The monoisotopic (exact) mass is 127 g/mol. The molecule has 4 N–H and O–H groups in total. The van der Waals surface area contributed by atoms with Gasteiger partial charge in [-0.05, 0) is 0 Å². The zero-order chi connectivity index (χ0) is 6.69. The normalized spacial score (nSPS) is 17.0. The number of nitrogens with zero attached hydrogens (tertiary/aromatic N) is 2. The molecule has 0 aromatic heterocycles. The first kappa shape index (κ1) is 5.87. The number of amidine groups is 1. The number of nitrogens with two attached hydrogens (primary N) is 1. The Kier molecular flexibility index (Phi) is 1.53. The summed E-state index contributed by atoms with van der Waals surface area (Å²) in [4.78, 5) is 0. The average molecular weight is 127 g/mol. The molecule has 0 aliphatic carbocycles. The minimum Gasteiger partial charge on any atom is -0.367 e. The first-order valence-electron chi connectivity index (χ1n) is 2.74. The summed E-state index contributed by atoms with van der Waals surface area (Å²) in [6, 6.07) is 0. The molecule has 0 amide bonds. The van der Waals surface area contributed by atoms with Crippen LogP contribution in [0.1, 0.15) is 13.3 Å². The van der Waals surface area contributed by atoms with Crippen molar-refractivity contribution in [2.45, 2.75) is 13.3 Å². The van der Waals surface area contributed by atoms with Crippen molar-refractivity contribution < 1.29 is 0 Å². The molecule has 0 aromatic carbocycles. The van der Waals surface area contributed by atoms with Gasteiger partial charge < -0.3 is 5.73 Å². The molecule has 0 unspecified atom stereocenters. The minimum atomic E-state index is 0.298. The molecule has 50 valence electrons.